The quantitative estimate of drug-likeness (QED) is 0.776. The van der Waals surface area contributed by atoms with Crippen molar-refractivity contribution in [2.45, 2.75) is 37.1 Å². The van der Waals surface area contributed by atoms with E-state index in [1.807, 2.05) is 4.90 Å². The summed E-state index contributed by atoms with van der Waals surface area (Å²) in [4.78, 5) is 25.6. The number of rotatable bonds is 2. The van der Waals surface area contributed by atoms with E-state index in [9.17, 15) is 18.4 Å². The van der Waals surface area contributed by atoms with Crippen molar-refractivity contribution in [3.8, 4) is 5.75 Å². The van der Waals surface area contributed by atoms with E-state index in [-0.39, 0.29) is 24.8 Å². The minimum atomic E-state index is -2.85. The largest absolute Gasteiger partial charge is 0.489 e. The highest BCUT2D eigenvalue weighted by atomic mass is 19.3. The first-order chi connectivity index (χ1) is 12.5. The van der Waals surface area contributed by atoms with E-state index < -0.39 is 17.9 Å². The van der Waals surface area contributed by atoms with E-state index in [1.54, 1.807) is 18.2 Å². The van der Waals surface area contributed by atoms with E-state index >= 15 is 0 Å². The minimum Gasteiger partial charge on any atom is -0.489 e. The van der Waals surface area contributed by atoms with Crippen molar-refractivity contribution in [2.75, 3.05) is 31.1 Å². The Labute approximate surface area is 149 Å². The Morgan fingerprint density at radius 3 is 2.85 bits per heavy atom. The minimum absolute atomic E-state index is 0.273. The second kappa shape index (κ2) is 6.50. The Balaban J connectivity index is 1.69. The van der Waals surface area contributed by atoms with Gasteiger partial charge in [-0.2, -0.15) is 0 Å². The van der Waals surface area contributed by atoms with E-state index in [4.69, 9.17) is 4.74 Å². The molecule has 6 nitrogen and oxygen atoms in total. The lowest BCUT2D eigenvalue weighted by Gasteiger charge is -2.40. The number of halogens is 2. The fraction of sp³-hybridized carbons (Fsp3) is 0.556. The molecule has 0 aliphatic carbocycles. The van der Waals surface area contributed by atoms with Gasteiger partial charge in [0.1, 0.15) is 18.4 Å². The Morgan fingerprint density at radius 2 is 2.08 bits per heavy atom. The Morgan fingerprint density at radius 1 is 1.23 bits per heavy atom. The molecular formula is C18H21F2N3O3. The molecule has 3 heterocycles. The second-order valence-electron chi connectivity index (χ2n) is 6.98. The zero-order valence-electron chi connectivity index (χ0n) is 14.3. The fourth-order valence-corrected chi connectivity index (χ4v) is 4.09. The summed E-state index contributed by atoms with van der Waals surface area (Å²) in [6.45, 7) is 0.975. The number of ether oxygens (including phenoxy) is 1. The molecule has 0 bridgehead atoms. The van der Waals surface area contributed by atoms with Crippen molar-refractivity contribution in [3.63, 3.8) is 0 Å². The number of carbonyl (C=O) groups is 2. The first kappa shape index (κ1) is 17.2. The molecule has 3 aliphatic heterocycles. The summed E-state index contributed by atoms with van der Waals surface area (Å²) >= 11 is 0. The number of para-hydroxylation sites is 1. The number of nitrogens with zero attached hydrogens (tertiary/aromatic N) is 1. The predicted octanol–water partition coefficient (Wildman–Crippen LogP) is 1.40. The molecule has 0 saturated carbocycles. The third-order valence-electron chi connectivity index (χ3n) is 5.35. The number of anilines is 1. The van der Waals surface area contributed by atoms with Gasteiger partial charge in [0.15, 0.2) is 0 Å². The Bertz CT molecular complexity index is 740. The number of amides is 2. The monoisotopic (exact) mass is 365 g/mol. The van der Waals surface area contributed by atoms with Crippen LogP contribution in [0.15, 0.2) is 18.2 Å². The molecule has 140 valence electrons. The van der Waals surface area contributed by atoms with Gasteiger partial charge in [-0.05, 0) is 25.5 Å². The normalized spacial score (nSPS) is 28.2. The number of imide groups is 1. The SMILES string of the molecule is O=C1CCC(N2CCOc3c([C@@H]4CCNCC4(F)F)cccc32)C(=O)N1. The number of benzene rings is 1. The molecule has 1 aromatic rings. The van der Waals surface area contributed by atoms with Gasteiger partial charge in [0.25, 0.3) is 5.92 Å². The van der Waals surface area contributed by atoms with Gasteiger partial charge in [-0.25, -0.2) is 8.78 Å². The topological polar surface area (TPSA) is 70.7 Å². The van der Waals surface area contributed by atoms with Crippen LogP contribution in [-0.4, -0.2) is 50.0 Å². The van der Waals surface area contributed by atoms with Gasteiger partial charge in [-0.15, -0.1) is 0 Å². The third kappa shape index (κ3) is 2.92. The maximum atomic E-state index is 14.4. The number of carbonyl (C=O) groups excluding carboxylic acids is 2. The summed E-state index contributed by atoms with van der Waals surface area (Å²) in [5.41, 5.74) is 1.14. The summed E-state index contributed by atoms with van der Waals surface area (Å²) < 4.78 is 34.7. The zero-order chi connectivity index (χ0) is 18.3. The van der Waals surface area contributed by atoms with Gasteiger partial charge in [0.05, 0.1) is 24.7 Å². The van der Waals surface area contributed by atoms with Gasteiger partial charge in [0, 0.05) is 12.0 Å². The van der Waals surface area contributed by atoms with Crippen molar-refractivity contribution in [1.29, 1.82) is 0 Å². The van der Waals surface area contributed by atoms with Crippen molar-refractivity contribution >= 4 is 17.5 Å². The van der Waals surface area contributed by atoms with Crippen molar-refractivity contribution < 1.29 is 23.1 Å². The molecular weight excluding hydrogens is 344 g/mol. The van der Waals surface area contributed by atoms with E-state index in [0.29, 0.717) is 49.5 Å². The molecule has 0 aromatic heterocycles. The van der Waals surface area contributed by atoms with Gasteiger partial charge in [-0.3, -0.25) is 14.9 Å². The molecule has 2 amide bonds. The summed E-state index contributed by atoms with van der Waals surface area (Å²) in [5, 5.41) is 5.10. The average molecular weight is 365 g/mol. The summed E-state index contributed by atoms with van der Waals surface area (Å²) in [7, 11) is 0. The molecule has 2 fully saturated rings. The van der Waals surface area contributed by atoms with E-state index in [0.717, 1.165) is 0 Å². The number of nitrogens with one attached hydrogen (secondary N) is 2. The smallest absolute Gasteiger partial charge is 0.267 e. The van der Waals surface area contributed by atoms with Crippen LogP contribution < -0.4 is 20.3 Å². The lowest BCUT2D eigenvalue weighted by atomic mass is 9.85. The van der Waals surface area contributed by atoms with Crippen LogP contribution in [0.1, 0.15) is 30.7 Å². The molecule has 4 rings (SSSR count). The fourth-order valence-electron chi connectivity index (χ4n) is 4.09. The van der Waals surface area contributed by atoms with Crippen molar-refractivity contribution in [1.82, 2.24) is 10.6 Å². The van der Waals surface area contributed by atoms with Gasteiger partial charge >= 0.3 is 0 Å². The van der Waals surface area contributed by atoms with Gasteiger partial charge in [0.2, 0.25) is 11.8 Å². The molecule has 2 saturated heterocycles. The average Bonchev–Trinajstić information content (AvgIpc) is 2.61. The number of piperidine rings is 2. The molecule has 1 unspecified atom stereocenters. The zero-order valence-corrected chi connectivity index (χ0v) is 14.3. The summed E-state index contributed by atoms with van der Waals surface area (Å²) in [6, 6.07) is 4.73. The van der Waals surface area contributed by atoms with E-state index in [2.05, 4.69) is 10.6 Å². The van der Waals surface area contributed by atoms with Crippen LogP contribution in [0.2, 0.25) is 0 Å². The standard InChI is InChI=1S/C18H21F2N3O3/c19-18(20)10-21-7-6-12(18)11-2-1-3-13-16(11)26-9-8-23(13)14-4-5-15(24)22-17(14)25/h1-3,12,14,21H,4-10H2,(H,22,24,25)/t12-,14?/m0/s1. The molecule has 2 atom stereocenters. The van der Waals surface area contributed by atoms with Crippen molar-refractivity contribution in [3.05, 3.63) is 23.8 Å². The van der Waals surface area contributed by atoms with Crippen LogP contribution >= 0.6 is 0 Å². The molecule has 1 aromatic carbocycles. The maximum Gasteiger partial charge on any atom is 0.267 e. The highest BCUT2D eigenvalue weighted by Crippen LogP contribution is 2.46. The summed E-state index contributed by atoms with van der Waals surface area (Å²) in [5.74, 6) is -3.95. The van der Waals surface area contributed by atoms with Crippen molar-refractivity contribution in [2.24, 2.45) is 0 Å². The van der Waals surface area contributed by atoms with Crippen LogP contribution in [-0.2, 0) is 9.59 Å². The first-order valence-electron chi connectivity index (χ1n) is 8.92. The molecule has 26 heavy (non-hydrogen) atoms. The summed E-state index contributed by atoms with van der Waals surface area (Å²) in [6.07, 6.45) is 1.01. The number of alkyl halides is 2. The van der Waals surface area contributed by atoms with Crippen LogP contribution in [0.5, 0.6) is 5.75 Å². The lowest BCUT2D eigenvalue weighted by Crippen LogP contribution is -2.54. The molecule has 3 aliphatic rings. The number of fused-ring (bicyclic) bond motifs is 1. The predicted molar refractivity (Wildman–Crippen MR) is 90.6 cm³/mol. The van der Waals surface area contributed by atoms with Crippen LogP contribution in [0, 0.1) is 0 Å². The lowest BCUT2D eigenvalue weighted by molar-refractivity contribution is -0.134. The van der Waals surface area contributed by atoms with Crippen LogP contribution in [0.4, 0.5) is 14.5 Å². The van der Waals surface area contributed by atoms with E-state index in [1.165, 1.54) is 0 Å². The van der Waals surface area contributed by atoms with Crippen LogP contribution in [0.25, 0.3) is 0 Å². The molecule has 0 radical (unpaired) electrons. The third-order valence-corrected chi connectivity index (χ3v) is 5.35. The first-order valence-corrected chi connectivity index (χ1v) is 8.92. The highest BCUT2D eigenvalue weighted by Gasteiger charge is 2.45. The van der Waals surface area contributed by atoms with Crippen LogP contribution in [0.3, 0.4) is 0 Å². The second-order valence-corrected chi connectivity index (χ2v) is 6.98. The molecule has 2 N–H and O–H groups in total. The van der Waals surface area contributed by atoms with Gasteiger partial charge < -0.3 is 15.0 Å². The molecule has 8 heteroatoms. The Kier molecular flexibility index (Phi) is 4.30. The maximum absolute atomic E-state index is 14.4. The Hall–Kier alpha value is -2.22. The molecule has 0 spiro atoms. The number of hydrogen-bond donors (Lipinski definition) is 2. The van der Waals surface area contributed by atoms with Gasteiger partial charge in [-0.1, -0.05) is 12.1 Å². The number of hydrogen-bond acceptors (Lipinski definition) is 5. The highest BCUT2D eigenvalue weighted by molar-refractivity contribution is 6.01.